The zero-order valence-corrected chi connectivity index (χ0v) is 9.45. The van der Waals surface area contributed by atoms with Gasteiger partial charge in [-0.05, 0) is 50.3 Å². The summed E-state index contributed by atoms with van der Waals surface area (Å²) in [5, 5.41) is 9.32. The summed E-state index contributed by atoms with van der Waals surface area (Å²) >= 11 is 0. The topological polar surface area (TPSA) is 29.5 Å². The number of hydrogen-bond donors (Lipinski definition) is 1. The Morgan fingerprint density at radius 3 is 2.62 bits per heavy atom. The highest BCUT2D eigenvalue weighted by Crippen LogP contribution is 2.27. The molecule has 0 unspecified atom stereocenters. The molecule has 1 saturated carbocycles. The molecule has 1 aliphatic carbocycles. The van der Waals surface area contributed by atoms with Gasteiger partial charge in [-0.3, -0.25) is 0 Å². The van der Waals surface area contributed by atoms with E-state index in [1.165, 1.54) is 6.07 Å². The first-order valence-electron chi connectivity index (χ1n) is 5.81. The maximum absolute atomic E-state index is 13.6. The normalized spacial score (nSPS) is 18.7. The van der Waals surface area contributed by atoms with Crippen LogP contribution in [0.3, 0.4) is 0 Å². The van der Waals surface area contributed by atoms with Gasteiger partial charge in [0.15, 0.2) is 11.6 Å². The van der Waals surface area contributed by atoms with Gasteiger partial charge < -0.3 is 9.84 Å². The van der Waals surface area contributed by atoms with Crippen LogP contribution in [-0.4, -0.2) is 11.2 Å². The van der Waals surface area contributed by atoms with Gasteiger partial charge in [-0.15, -0.1) is 0 Å². The van der Waals surface area contributed by atoms with Crippen LogP contribution in [0.15, 0.2) is 18.2 Å². The Balaban J connectivity index is 2.09. The highest BCUT2D eigenvalue weighted by atomic mass is 19.1. The SMILES string of the molecule is C[C@H](O)c1ccc(OC2CCCC2)c(F)c1. The van der Waals surface area contributed by atoms with E-state index in [1.54, 1.807) is 19.1 Å². The molecule has 1 aliphatic rings. The van der Waals surface area contributed by atoms with Crippen LogP contribution < -0.4 is 4.74 Å². The van der Waals surface area contributed by atoms with Gasteiger partial charge in [0, 0.05) is 0 Å². The maximum Gasteiger partial charge on any atom is 0.165 e. The summed E-state index contributed by atoms with van der Waals surface area (Å²) < 4.78 is 19.2. The van der Waals surface area contributed by atoms with Gasteiger partial charge in [-0.25, -0.2) is 4.39 Å². The van der Waals surface area contributed by atoms with Gasteiger partial charge in [-0.2, -0.15) is 0 Å². The van der Waals surface area contributed by atoms with E-state index in [0.29, 0.717) is 11.3 Å². The molecule has 88 valence electrons. The fourth-order valence-electron chi connectivity index (χ4n) is 2.06. The van der Waals surface area contributed by atoms with Gasteiger partial charge in [0.05, 0.1) is 12.2 Å². The summed E-state index contributed by atoms with van der Waals surface area (Å²) in [5.74, 6) is -0.0819. The summed E-state index contributed by atoms with van der Waals surface area (Å²) in [5.41, 5.74) is 0.580. The number of hydrogen-bond acceptors (Lipinski definition) is 2. The Hall–Kier alpha value is -1.09. The van der Waals surface area contributed by atoms with Crippen LogP contribution in [0, 0.1) is 5.82 Å². The van der Waals surface area contributed by atoms with Crippen LogP contribution in [0.5, 0.6) is 5.75 Å². The van der Waals surface area contributed by atoms with Gasteiger partial charge in [0.2, 0.25) is 0 Å². The van der Waals surface area contributed by atoms with Crippen LogP contribution in [0.4, 0.5) is 4.39 Å². The lowest BCUT2D eigenvalue weighted by Gasteiger charge is -2.14. The van der Waals surface area contributed by atoms with Crippen molar-refractivity contribution in [2.75, 3.05) is 0 Å². The van der Waals surface area contributed by atoms with Crippen molar-refractivity contribution in [3.8, 4) is 5.75 Å². The minimum Gasteiger partial charge on any atom is -0.487 e. The van der Waals surface area contributed by atoms with Crippen molar-refractivity contribution in [2.45, 2.75) is 44.8 Å². The predicted octanol–water partition coefficient (Wildman–Crippen LogP) is 3.20. The zero-order chi connectivity index (χ0) is 11.5. The van der Waals surface area contributed by atoms with Gasteiger partial charge in [0.25, 0.3) is 0 Å². The molecule has 16 heavy (non-hydrogen) atoms. The molecule has 1 aromatic carbocycles. The molecule has 2 rings (SSSR count). The van der Waals surface area contributed by atoms with E-state index in [0.717, 1.165) is 25.7 Å². The molecule has 0 amide bonds. The van der Waals surface area contributed by atoms with Gasteiger partial charge in [-0.1, -0.05) is 6.07 Å². The summed E-state index contributed by atoms with van der Waals surface area (Å²) in [4.78, 5) is 0. The number of benzene rings is 1. The first-order valence-corrected chi connectivity index (χ1v) is 5.81. The first-order chi connectivity index (χ1) is 7.66. The smallest absolute Gasteiger partial charge is 0.165 e. The van der Waals surface area contributed by atoms with Crippen molar-refractivity contribution in [2.24, 2.45) is 0 Å². The Morgan fingerprint density at radius 2 is 2.06 bits per heavy atom. The number of aliphatic hydroxyl groups is 1. The molecular formula is C13H17FO2. The average Bonchev–Trinajstić information content (AvgIpc) is 2.73. The fourth-order valence-corrected chi connectivity index (χ4v) is 2.06. The third-order valence-corrected chi connectivity index (χ3v) is 3.03. The predicted molar refractivity (Wildman–Crippen MR) is 59.9 cm³/mol. The van der Waals surface area contributed by atoms with Crippen molar-refractivity contribution in [3.05, 3.63) is 29.6 Å². The van der Waals surface area contributed by atoms with Crippen LogP contribution in [0.1, 0.15) is 44.3 Å². The molecule has 0 radical (unpaired) electrons. The van der Waals surface area contributed by atoms with E-state index in [9.17, 15) is 9.50 Å². The molecule has 0 saturated heterocycles. The van der Waals surface area contributed by atoms with E-state index in [2.05, 4.69) is 0 Å². The Labute approximate surface area is 95.1 Å². The van der Waals surface area contributed by atoms with Crippen LogP contribution in [-0.2, 0) is 0 Å². The zero-order valence-electron chi connectivity index (χ0n) is 9.45. The molecule has 2 nitrogen and oxygen atoms in total. The van der Waals surface area contributed by atoms with Crippen LogP contribution >= 0.6 is 0 Å². The second-order valence-electron chi connectivity index (χ2n) is 4.39. The summed E-state index contributed by atoms with van der Waals surface area (Å²) in [6.07, 6.45) is 3.87. The standard InChI is InChI=1S/C13H17FO2/c1-9(15)10-6-7-13(12(14)8-10)16-11-4-2-3-5-11/h6-9,11,15H,2-5H2,1H3/t9-/m0/s1. The Bertz CT molecular complexity index is 357. The second-order valence-corrected chi connectivity index (χ2v) is 4.39. The molecule has 0 spiro atoms. The summed E-state index contributed by atoms with van der Waals surface area (Å²) in [6.45, 7) is 1.62. The number of ether oxygens (including phenoxy) is 1. The Morgan fingerprint density at radius 1 is 1.38 bits per heavy atom. The quantitative estimate of drug-likeness (QED) is 0.854. The van der Waals surface area contributed by atoms with Gasteiger partial charge >= 0.3 is 0 Å². The molecular weight excluding hydrogens is 207 g/mol. The third kappa shape index (κ3) is 2.53. The van der Waals surface area contributed by atoms with Crippen molar-refractivity contribution in [1.82, 2.24) is 0 Å². The van der Waals surface area contributed by atoms with E-state index in [1.807, 2.05) is 0 Å². The monoisotopic (exact) mass is 224 g/mol. The van der Waals surface area contributed by atoms with Crippen LogP contribution in [0.2, 0.25) is 0 Å². The molecule has 3 heteroatoms. The number of halogens is 1. The first kappa shape index (κ1) is 11.4. The number of rotatable bonds is 3. The molecule has 1 fully saturated rings. The van der Waals surface area contributed by atoms with Crippen molar-refractivity contribution >= 4 is 0 Å². The van der Waals surface area contributed by atoms with E-state index in [-0.39, 0.29) is 11.9 Å². The van der Waals surface area contributed by atoms with Gasteiger partial charge in [0.1, 0.15) is 0 Å². The second kappa shape index (κ2) is 4.83. The van der Waals surface area contributed by atoms with E-state index in [4.69, 9.17) is 4.74 Å². The minimum absolute atomic E-state index is 0.159. The molecule has 0 heterocycles. The summed E-state index contributed by atoms with van der Waals surface area (Å²) in [6, 6.07) is 4.66. The molecule has 0 aliphatic heterocycles. The molecule has 0 aromatic heterocycles. The lowest BCUT2D eigenvalue weighted by molar-refractivity contribution is 0.193. The van der Waals surface area contributed by atoms with Crippen molar-refractivity contribution in [1.29, 1.82) is 0 Å². The average molecular weight is 224 g/mol. The molecule has 1 N–H and O–H groups in total. The van der Waals surface area contributed by atoms with Crippen LogP contribution in [0.25, 0.3) is 0 Å². The molecule has 1 aromatic rings. The third-order valence-electron chi connectivity index (χ3n) is 3.03. The Kier molecular flexibility index (Phi) is 3.44. The minimum atomic E-state index is -0.643. The summed E-state index contributed by atoms with van der Waals surface area (Å²) in [7, 11) is 0. The maximum atomic E-state index is 13.6. The fraction of sp³-hybridized carbons (Fsp3) is 0.538. The van der Waals surface area contributed by atoms with Crippen molar-refractivity contribution < 1.29 is 14.2 Å². The molecule has 1 atom stereocenters. The molecule has 0 bridgehead atoms. The largest absolute Gasteiger partial charge is 0.487 e. The highest BCUT2D eigenvalue weighted by molar-refractivity contribution is 5.30. The van der Waals surface area contributed by atoms with Crippen molar-refractivity contribution in [3.63, 3.8) is 0 Å². The van der Waals surface area contributed by atoms with E-state index >= 15 is 0 Å². The highest BCUT2D eigenvalue weighted by Gasteiger charge is 2.18. The van der Waals surface area contributed by atoms with E-state index < -0.39 is 6.10 Å². The number of aliphatic hydroxyl groups excluding tert-OH is 1. The lowest BCUT2D eigenvalue weighted by atomic mass is 10.1. The lowest BCUT2D eigenvalue weighted by Crippen LogP contribution is -2.12.